The van der Waals surface area contributed by atoms with Crippen molar-refractivity contribution in [3.8, 4) is 0 Å². The minimum atomic E-state index is -0.849. The molecular weight excluding hydrogens is 183 g/mol. The summed E-state index contributed by atoms with van der Waals surface area (Å²) in [4.78, 5) is 10.9. The summed E-state index contributed by atoms with van der Waals surface area (Å²) in [6.07, 6.45) is 1.38. The number of halogens is 1. The van der Waals surface area contributed by atoms with Gasteiger partial charge in [0, 0.05) is 0 Å². The van der Waals surface area contributed by atoms with Gasteiger partial charge >= 0.3 is 5.97 Å². The third-order valence-corrected chi connectivity index (χ3v) is 2.15. The maximum Gasteiger partial charge on any atom is 0.310 e. The SMILES string of the molecule is CCCC(C(=O)O)c1ccc(F)cc1. The second-order valence-electron chi connectivity index (χ2n) is 3.23. The van der Waals surface area contributed by atoms with Crippen molar-refractivity contribution in [1.82, 2.24) is 0 Å². The van der Waals surface area contributed by atoms with E-state index in [9.17, 15) is 9.18 Å². The lowest BCUT2D eigenvalue weighted by atomic mass is 9.95. The van der Waals surface area contributed by atoms with Crippen molar-refractivity contribution < 1.29 is 14.3 Å². The first-order chi connectivity index (χ1) is 6.65. The molecule has 0 saturated heterocycles. The Morgan fingerprint density at radius 1 is 1.43 bits per heavy atom. The molecule has 1 unspecified atom stereocenters. The quantitative estimate of drug-likeness (QED) is 0.803. The van der Waals surface area contributed by atoms with Crippen molar-refractivity contribution in [1.29, 1.82) is 0 Å². The number of aliphatic carboxylic acids is 1. The second kappa shape index (κ2) is 4.74. The molecule has 0 amide bonds. The van der Waals surface area contributed by atoms with Crippen LogP contribution in [0.4, 0.5) is 4.39 Å². The number of carbonyl (C=O) groups is 1. The molecule has 0 bridgehead atoms. The van der Waals surface area contributed by atoms with Crippen molar-refractivity contribution in [2.75, 3.05) is 0 Å². The molecule has 1 aromatic rings. The predicted octanol–water partition coefficient (Wildman–Crippen LogP) is 2.79. The maximum absolute atomic E-state index is 12.6. The number of hydrogen-bond donors (Lipinski definition) is 1. The Balaban J connectivity index is 2.87. The highest BCUT2D eigenvalue weighted by Gasteiger charge is 2.18. The maximum atomic E-state index is 12.6. The summed E-state index contributed by atoms with van der Waals surface area (Å²) >= 11 is 0. The summed E-state index contributed by atoms with van der Waals surface area (Å²) in [5.41, 5.74) is 0.667. The fourth-order valence-corrected chi connectivity index (χ4v) is 1.42. The largest absolute Gasteiger partial charge is 0.481 e. The molecule has 0 saturated carbocycles. The van der Waals surface area contributed by atoms with Crippen LogP contribution in [0.3, 0.4) is 0 Å². The van der Waals surface area contributed by atoms with E-state index in [4.69, 9.17) is 5.11 Å². The predicted molar refractivity (Wildman–Crippen MR) is 51.7 cm³/mol. The zero-order chi connectivity index (χ0) is 10.6. The Hall–Kier alpha value is -1.38. The zero-order valence-electron chi connectivity index (χ0n) is 8.03. The van der Waals surface area contributed by atoms with E-state index in [1.807, 2.05) is 6.92 Å². The van der Waals surface area contributed by atoms with E-state index in [1.54, 1.807) is 0 Å². The van der Waals surface area contributed by atoms with Crippen LogP contribution in [0.25, 0.3) is 0 Å². The van der Waals surface area contributed by atoms with Gasteiger partial charge in [-0.15, -0.1) is 0 Å². The van der Waals surface area contributed by atoms with E-state index in [0.717, 1.165) is 6.42 Å². The van der Waals surface area contributed by atoms with Crippen molar-refractivity contribution in [3.05, 3.63) is 35.6 Å². The fourth-order valence-electron chi connectivity index (χ4n) is 1.42. The van der Waals surface area contributed by atoms with Gasteiger partial charge in [-0.1, -0.05) is 25.5 Å². The molecule has 1 N–H and O–H groups in total. The Labute approximate surface area is 82.4 Å². The molecule has 1 atom stereocenters. The lowest BCUT2D eigenvalue weighted by molar-refractivity contribution is -0.139. The van der Waals surface area contributed by atoms with E-state index >= 15 is 0 Å². The molecule has 1 aromatic carbocycles. The minimum Gasteiger partial charge on any atom is -0.481 e. The first-order valence-electron chi connectivity index (χ1n) is 4.63. The molecule has 0 fully saturated rings. The van der Waals surface area contributed by atoms with Crippen molar-refractivity contribution >= 4 is 5.97 Å². The van der Waals surface area contributed by atoms with Gasteiger partial charge in [0.2, 0.25) is 0 Å². The van der Waals surface area contributed by atoms with Gasteiger partial charge in [0.05, 0.1) is 5.92 Å². The fraction of sp³-hybridized carbons (Fsp3) is 0.364. The molecule has 1 rings (SSSR count). The number of benzene rings is 1. The van der Waals surface area contributed by atoms with Crippen LogP contribution in [-0.4, -0.2) is 11.1 Å². The van der Waals surface area contributed by atoms with Gasteiger partial charge in [0.25, 0.3) is 0 Å². The number of rotatable bonds is 4. The minimum absolute atomic E-state index is 0.339. The van der Waals surface area contributed by atoms with Crippen LogP contribution in [0.1, 0.15) is 31.2 Å². The molecule has 2 nitrogen and oxygen atoms in total. The third kappa shape index (κ3) is 2.55. The second-order valence-corrected chi connectivity index (χ2v) is 3.23. The van der Waals surface area contributed by atoms with Crippen LogP contribution >= 0.6 is 0 Å². The summed E-state index contributed by atoms with van der Waals surface area (Å²) in [5, 5.41) is 8.93. The number of carboxylic acids is 1. The number of carboxylic acid groups (broad SMARTS) is 1. The summed E-state index contributed by atoms with van der Waals surface area (Å²) in [7, 11) is 0. The van der Waals surface area contributed by atoms with E-state index in [0.29, 0.717) is 12.0 Å². The Morgan fingerprint density at radius 2 is 2.00 bits per heavy atom. The zero-order valence-corrected chi connectivity index (χ0v) is 8.03. The topological polar surface area (TPSA) is 37.3 Å². The van der Waals surface area contributed by atoms with Gasteiger partial charge in [-0.2, -0.15) is 0 Å². The van der Waals surface area contributed by atoms with Crippen molar-refractivity contribution in [2.45, 2.75) is 25.7 Å². The first kappa shape index (κ1) is 10.7. The van der Waals surface area contributed by atoms with Crippen LogP contribution in [0.5, 0.6) is 0 Å². The summed E-state index contributed by atoms with van der Waals surface area (Å²) in [6, 6.07) is 5.65. The third-order valence-electron chi connectivity index (χ3n) is 2.15. The summed E-state index contributed by atoms with van der Waals surface area (Å²) in [5.74, 6) is -1.70. The molecule has 0 aliphatic heterocycles. The Kier molecular flexibility index (Phi) is 3.63. The van der Waals surface area contributed by atoms with Gasteiger partial charge in [0.1, 0.15) is 5.82 Å². The monoisotopic (exact) mass is 196 g/mol. The molecule has 0 aliphatic carbocycles. The molecule has 0 radical (unpaired) electrons. The van der Waals surface area contributed by atoms with Gasteiger partial charge in [-0.05, 0) is 24.1 Å². The van der Waals surface area contributed by atoms with E-state index < -0.39 is 11.9 Å². The van der Waals surface area contributed by atoms with Crippen molar-refractivity contribution in [3.63, 3.8) is 0 Å². The van der Waals surface area contributed by atoms with Gasteiger partial charge in [0.15, 0.2) is 0 Å². The molecule has 0 heterocycles. The lowest BCUT2D eigenvalue weighted by Gasteiger charge is -2.10. The van der Waals surface area contributed by atoms with Crippen LogP contribution in [0.15, 0.2) is 24.3 Å². The summed E-state index contributed by atoms with van der Waals surface area (Å²) < 4.78 is 12.6. The van der Waals surface area contributed by atoms with Gasteiger partial charge < -0.3 is 5.11 Å². The standard InChI is InChI=1S/C11H13FO2/c1-2-3-10(11(13)14)8-4-6-9(12)7-5-8/h4-7,10H,2-3H2,1H3,(H,13,14). The number of hydrogen-bond acceptors (Lipinski definition) is 1. The van der Waals surface area contributed by atoms with Crippen LogP contribution in [0.2, 0.25) is 0 Å². The van der Waals surface area contributed by atoms with Crippen LogP contribution < -0.4 is 0 Å². The molecule has 76 valence electrons. The van der Waals surface area contributed by atoms with Gasteiger partial charge in [-0.3, -0.25) is 4.79 Å². The highest BCUT2D eigenvalue weighted by molar-refractivity contribution is 5.75. The van der Waals surface area contributed by atoms with Crippen LogP contribution in [-0.2, 0) is 4.79 Å². The average Bonchev–Trinajstić information content (AvgIpc) is 2.15. The normalized spacial score (nSPS) is 12.4. The van der Waals surface area contributed by atoms with E-state index in [1.165, 1.54) is 24.3 Å². The average molecular weight is 196 g/mol. The molecule has 3 heteroatoms. The molecule has 0 spiro atoms. The molecule has 0 aromatic heterocycles. The first-order valence-corrected chi connectivity index (χ1v) is 4.63. The highest BCUT2D eigenvalue weighted by Crippen LogP contribution is 2.21. The van der Waals surface area contributed by atoms with E-state index in [-0.39, 0.29) is 5.82 Å². The smallest absolute Gasteiger partial charge is 0.310 e. The Bertz CT molecular complexity index is 306. The van der Waals surface area contributed by atoms with Crippen molar-refractivity contribution in [2.24, 2.45) is 0 Å². The molecule has 14 heavy (non-hydrogen) atoms. The highest BCUT2D eigenvalue weighted by atomic mass is 19.1. The lowest BCUT2D eigenvalue weighted by Crippen LogP contribution is -2.11. The van der Waals surface area contributed by atoms with Crippen LogP contribution in [0, 0.1) is 5.82 Å². The summed E-state index contributed by atoms with van der Waals surface area (Å²) in [6.45, 7) is 1.93. The molecular formula is C11H13FO2. The van der Waals surface area contributed by atoms with Gasteiger partial charge in [-0.25, -0.2) is 4.39 Å². The molecule has 0 aliphatic rings. The van der Waals surface area contributed by atoms with E-state index in [2.05, 4.69) is 0 Å². The Morgan fingerprint density at radius 3 is 2.43 bits per heavy atom.